The van der Waals surface area contributed by atoms with Gasteiger partial charge < -0.3 is 10.6 Å². The standard InChI is InChI=1S/C12H16IN3O/c13-16-8-6-15(7-9-16)12(17)11(14)10-4-2-1-3-5-10/h1-5,11H,6-9,14H2. The molecule has 0 saturated carbocycles. The van der Waals surface area contributed by atoms with Gasteiger partial charge in [-0.2, -0.15) is 0 Å². The van der Waals surface area contributed by atoms with Gasteiger partial charge in [0.15, 0.2) is 0 Å². The molecule has 0 radical (unpaired) electrons. The van der Waals surface area contributed by atoms with Crippen molar-refractivity contribution < 1.29 is 4.79 Å². The van der Waals surface area contributed by atoms with Gasteiger partial charge in [-0.15, -0.1) is 0 Å². The van der Waals surface area contributed by atoms with Crippen LogP contribution >= 0.6 is 22.9 Å². The summed E-state index contributed by atoms with van der Waals surface area (Å²) in [6, 6.07) is 9.01. The maximum absolute atomic E-state index is 12.2. The monoisotopic (exact) mass is 345 g/mol. The minimum absolute atomic E-state index is 0.0284. The first-order valence-electron chi connectivity index (χ1n) is 5.68. The van der Waals surface area contributed by atoms with Crippen LogP contribution in [-0.4, -0.2) is 40.1 Å². The minimum Gasteiger partial charge on any atom is -0.338 e. The lowest BCUT2D eigenvalue weighted by atomic mass is 10.1. The molecule has 92 valence electrons. The normalized spacial score (nSPS) is 19.1. The molecule has 1 aromatic rings. The van der Waals surface area contributed by atoms with E-state index in [1.807, 2.05) is 35.2 Å². The van der Waals surface area contributed by atoms with Gasteiger partial charge in [0.1, 0.15) is 6.04 Å². The molecule has 1 heterocycles. The fraction of sp³-hybridized carbons (Fsp3) is 0.417. The van der Waals surface area contributed by atoms with E-state index in [0.29, 0.717) is 0 Å². The van der Waals surface area contributed by atoms with Crippen LogP contribution in [0.4, 0.5) is 0 Å². The third-order valence-corrected chi connectivity index (χ3v) is 3.93. The van der Waals surface area contributed by atoms with Crippen molar-refractivity contribution >= 4 is 28.8 Å². The van der Waals surface area contributed by atoms with Crippen molar-refractivity contribution in [3.8, 4) is 0 Å². The highest BCUT2D eigenvalue weighted by atomic mass is 127. The Hall–Kier alpha value is -0.660. The molecule has 17 heavy (non-hydrogen) atoms. The summed E-state index contributed by atoms with van der Waals surface area (Å²) in [7, 11) is 0. The quantitative estimate of drug-likeness (QED) is 0.647. The molecule has 1 atom stereocenters. The molecule has 0 aliphatic carbocycles. The second-order valence-electron chi connectivity index (χ2n) is 4.12. The molecule has 5 heteroatoms. The largest absolute Gasteiger partial charge is 0.338 e. The molecule has 1 amide bonds. The highest BCUT2D eigenvalue weighted by Gasteiger charge is 2.25. The minimum atomic E-state index is -0.531. The lowest BCUT2D eigenvalue weighted by Gasteiger charge is -2.32. The van der Waals surface area contributed by atoms with Crippen molar-refractivity contribution in [1.29, 1.82) is 0 Å². The van der Waals surface area contributed by atoms with E-state index in [9.17, 15) is 4.79 Å². The van der Waals surface area contributed by atoms with Crippen molar-refractivity contribution in [3.05, 3.63) is 35.9 Å². The van der Waals surface area contributed by atoms with Crippen LogP contribution in [0.5, 0.6) is 0 Å². The zero-order chi connectivity index (χ0) is 12.3. The van der Waals surface area contributed by atoms with Crippen LogP contribution < -0.4 is 5.73 Å². The molecule has 1 fully saturated rings. The molecule has 1 saturated heterocycles. The first kappa shape index (κ1) is 12.8. The Bertz CT molecular complexity index is 377. The van der Waals surface area contributed by atoms with Gasteiger partial charge >= 0.3 is 0 Å². The summed E-state index contributed by atoms with van der Waals surface area (Å²) in [5.74, 6) is 0.0284. The van der Waals surface area contributed by atoms with Gasteiger partial charge in [0.05, 0.1) is 0 Å². The van der Waals surface area contributed by atoms with Crippen molar-refractivity contribution in [2.45, 2.75) is 6.04 Å². The van der Waals surface area contributed by atoms with Gasteiger partial charge in [0.2, 0.25) is 5.91 Å². The van der Waals surface area contributed by atoms with Crippen molar-refractivity contribution in [2.75, 3.05) is 26.2 Å². The molecule has 1 unspecified atom stereocenters. The Balaban J connectivity index is 2.00. The summed E-state index contributed by atoms with van der Waals surface area (Å²) in [5, 5.41) is 0. The number of carbonyl (C=O) groups is 1. The molecule has 0 aromatic heterocycles. The van der Waals surface area contributed by atoms with Crippen LogP contribution in [0.25, 0.3) is 0 Å². The number of piperazine rings is 1. The van der Waals surface area contributed by atoms with Gasteiger partial charge in [-0.05, 0) is 5.56 Å². The Morgan fingerprint density at radius 1 is 1.18 bits per heavy atom. The maximum Gasteiger partial charge on any atom is 0.244 e. The van der Waals surface area contributed by atoms with E-state index in [-0.39, 0.29) is 5.91 Å². The zero-order valence-electron chi connectivity index (χ0n) is 9.55. The SMILES string of the molecule is NC(C(=O)N1CCN(I)CC1)c1ccccc1. The number of rotatable bonds is 2. The second kappa shape index (κ2) is 5.79. The average Bonchev–Trinajstić information content (AvgIpc) is 2.39. The van der Waals surface area contributed by atoms with Gasteiger partial charge in [-0.1, -0.05) is 30.3 Å². The van der Waals surface area contributed by atoms with Crippen LogP contribution in [0.2, 0.25) is 0 Å². The number of hydrogen-bond acceptors (Lipinski definition) is 3. The zero-order valence-corrected chi connectivity index (χ0v) is 11.7. The van der Waals surface area contributed by atoms with Gasteiger partial charge in [-0.25, -0.2) is 3.11 Å². The van der Waals surface area contributed by atoms with Crippen LogP contribution in [-0.2, 0) is 4.79 Å². The summed E-state index contributed by atoms with van der Waals surface area (Å²) >= 11 is 2.28. The van der Waals surface area contributed by atoms with Crippen molar-refractivity contribution in [3.63, 3.8) is 0 Å². The number of carbonyl (C=O) groups excluding carboxylic acids is 1. The summed E-state index contributed by atoms with van der Waals surface area (Å²) < 4.78 is 2.19. The molecule has 0 spiro atoms. The number of nitrogens with two attached hydrogens (primary N) is 1. The third-order valence-electron chi connectivity index (χ3n) is 2.96. The highest BCUT2D eigenvalue weighted by molar-refractivity contribution is 14.1. The number of hydrogen-bond donors (Lipinski definition) is 1. The average molecular weight is 345 g/mol. The smallest absolute Gasteiger partial charge is 0.244 e. The summed E-state index contributed by atoms with van der Waals surface area (Å²) in [5.41, 5.74) is 6.88. The molecule has 1 aliphatic heterocycles. The summed E-state index contributed by atoms with van der Waals surface area (Å²) in [4.78, 5) is 14.0. The molecule has 4 nitrogen and oxygen atoms in total. The molecule has 1 aromatic carbocycles. The van der Waals surface area contributed by atoms with Crippen molar-refractivity contribution in [2.24, 2.45) is 5.73 Å². The lowest BCUT2D eigenvalue weighted by Crippen LogP contribution is -2.48. The molecular formula is C12H16IN3O. The van der Waals surface area contributed by atoms with E-state index >= 15 is 0 Å². The van der Waals surface area contributed by atoms with Gasteiger partial charge in [-0.3, -0.25) is 4.79 Å². The van der Waals surface area contributed by atoms with E-state index in [1.165, 1.54) is 0 Å². The second-order valence-corrected chi connectivity index (χ2v) is 5.49. The molecule has 2 N–H and O–H groups in total. The van der Waals surface area contributed by atoms with E-state index in [4.69, 9.17) is 5.73 Å². The number of halogens is 1. The number of benzene rings is 1. The van der Waals surface area contributed by atoms with E-state index < -0.39 is 6.04 Å². The fourth-order valence-electron chi connectivity index (χ4n) is 1.90. The maximum atomic E-state index is 12.2. The third kappa shape index (κ3) is 3.17. The Morgan fingerprint density at radius 3 is 2.35 bits per heavy atom. The molecular weight excluding hydrogens is 329 g/mol. The van der Waals surface area contributed by atoms with Crippen LogP contribution in [0.3, 0.4) is 0 Å². The summed E-state index contributed by atoms with van der Waals surface area (Å²) in [6.07, 6.45) is 0. The Kier molecular flexibility index (Phi) is 4.36. The van der Waals surface area contributed by atoms with Gasteiger partial charge in [0, 0.05) is 49.0 Å². The predicted molar refractivity (Wildman–Crippen MR) is 75.5 cm³/mol. The first-order valence-corrected chi connectivity index (χ1v) is 6.65. The lowest BCUT2D eigenvalue weighted by molar-refractivity contribution is -0.133. The van der Waals surface area contributed by atoms with Crippen LogP contribution in [0.1, 0.15) is 11.6 Å². The predicted octanol–water partition coefficient (Wildman–Crippen LogP) is 1.18. The fourth-order valence-corrected chi connectivity index (χ4v) is 2.33. The first-order chi connectivity index (χ1) is 8.18. The van der Waals surface area contributed by atoms with Crippen molar-refractivity contribution in [1.82, 2.24) is 8.01 Å². The van der Waals surface area contributed by atoms with E-state index in [1.54, 1.807) is 0 Å². The number of nitrogens with zero attached hydrogens (tertiary/aromatic N) is 2. The summed E-state index contributed by atoms with van der Waals surface area (Å²) in [6.45, 7) is 3.35. The topological polar surface area (TPSA) is 49.6 Å². The van der Waals surface area contributed by atoms with Gasteiger partial charge in [0.25, 0.3) is 0 Å². The molecule has 0 bridgehead atoms. The Labute approximate surface area is 115 Å². The number of amides is 1. The van der Waals surface area contributed by atoms with E-state index in [0.717, 1.165) is 31.7 Å². The van der Waals surface area contributed by atoms with E-state index in [2.05, 4.69) is 26.0 Å². The van der Waals surface area contributed by atoms with Crippen LogP contribution in [0, 0.1) is 0 Å². The molecule has 1 aliphatic rings. The highest BCUT2D eigenvalue weighted by Crippen LogP contribution is 2.15. The Morgan fingerprint density at radius 2 is 1.76 bits per heavy atom. The molecule has 2 rings (SSSR count). The van der Waals surface area contributed by atoms with Crippen LogP contribution in [0.15, 0.2) is 30.3 Å².